The molecule has 27 heavy (non-hydrogen) atoms. The van der Waals surface area contributed by atoms with Crippen molar-refractivity contribution >= 4 is 17.9 Å². The van der Waals surface area contributed by atoms with Crippen molar-refractivity contribution in [1.82, 2.24) is 0 Å². The van der Waals surface area contributed by atoms with Crippen molar-refractivity contribution in [3.05, 3.63) is 11.6 Å². The maximum absolute atomic E-state index is 12.8. The number of carbonyl (C=O) groups excluding carboxylic acids is 3. The molecule has 4 aliphatic carbocycles. The van der Waals surface area contributed by atoms with Gasteiger partial charge in [0.2, 0.25) is 5.78 Å². The number of hydrogen-bond acceptors (Lipinski definition) is 5. The molecule has 4 aliphatic rings. The second-order valence-corrected chi connectivity index (χ2v) is 9.84. The van der Waals surface area contributed by atoms with Gasteiger partial charge in [0.15, 0.2) is 12.1 Å². The third kappa shape index (κ3) is 2.54. The van der Waals surface area contributed by atoms with E-state index < -0.39 is 22.9 Å². The van der Waals surface area contributed by atoms with E-state index in [0.717, 1.165) is 30.8 Å². The molecule has 0 heterocycles. The topological polar surface area (TPSA) is 91.7 Å². The molecule has 0 saturated heterocycles. The number of aliphatic hydroxyl groups is 2. The Balaban J connectivity index is 1.68. The average Bonchev–Trinajstić information content (AvgIpc) is 2.90. The zero-order valence-electron chi connectivity index (χ0n) is 16.2. The summed E-state index contributed by atoms with van der Waals surface area (Å²) in [6, 6.07) is 0. The van der Waals surface area contributed by atoms with E-state index in [-0.39, 0.29) is 18.0 Å². The van der Waals surface area contributed by atoms with Crippen LogP contribution in [0.5, 0.6) is 0 Å². The van der Waals surface area contributed by atoms with E-state index >= 15 is 0 Å². The Morgan fingerprint density at radius 1 is 1.15 bits per heavy atom. The van der Waals surface area contributed by atoms with E-state index in [4.69, 9.17) is 0 Å². The first-order valence-corrected chi connectivity index (χ1v) is 10.4. The van der Waals surface area contributed by atoms with Gasteiger partial charge in [-0.1, -0.05) is 32.3 Å². The third-order valence-corrected chi connectivity index (χ3v) is 8.65. The van der Waals surface area contributed by atoms with Crippen LogP contribution in [-0.2, 0) is 14.4 Å². The zero-order chi connectivity index (χ0) is 19.6. The fourth-order valence-electron chi connectivity index (χ4n) is 7.18. The molecule has 3 fully saturated rings. The first kappa shape index (κ1) is 19.0. The molecule has 148 valence electrons. The van der Waals surface area contributed by atoms with Crippen LogP contribution in [0.25, 0.3) is 0 Å². The number of hydrogen-bond donors (Lipinski definition) is 2. The Hall–Kier alpha value is -1.33. The number of ketones is 2. The van der Waals surface area contributed by atoms with Gasteiger partial charge in [0.05, 0.1) is 5.92 Å². The Labute approximate surface area is 160 Å². The maximum Gasteiger partial charge on any atom is 0.283 e. The van der Waals surface area contributed by atoms with Crippen LogP contribution >= 0.6 is 0 Å². The molecular formula is C22H30O5. The average molecular weight is 374 g/mol. The van der Waals surface area contributed by atoms with Crippen molar-refractivity contribution in [2.75, 3.05) is 0 Å². The molecular weight excluding hydrogens is 344 g/mol. The molecule has 0 bridgehead atoms. The minimum absolute atomic E-state index is 0.177. The highest BCUT2D eigenvalue weighted by atomic mass is 16.5. The lowest BCUT2D eigenvalue weighted by molar-refractivity contribution is -0.186. The molecule has 0 aromatic rings. The molecule has 4 rings (SSSR count). The van der Waals surface area contributed by atoms with Crippen molar-refractivity contribution in [2.24, 2.45) is 34.5 Å². The first-order chi connectivity index (χ1) is 12.6. The number of rotatable bonds is 3. The summed E-state index contributed by atoms with van der Waals surface area (Å²) in [5, 5.41) is 19.5. The molecule has 5 heteroatoms. The van der Waals surface area contributed by atoms with Crippen molar-refractivity contribution in [3.63, 3.8) is 0 Å². The van der Waals surface area contributed by atoms with Gasteiger partial charge < -0.3 is 10.2 Å². The fraction of sp³-hybridized carbons (Fsp3) is 0.773. The molecule has 1 unspecified atom stereocenters. The summed E-state index contributed by atoms with van der Waals surface area (Å²) >= 11 is 0. The highest BCUT2D eigenvalue weighted by Crippen LogP contribution is 2.65. The van der Waals surface area contributed by atoms with Crippen LogP contribution in [-0.4, -0.2) is 33.9 Å². The molecule has 3 saturated carbocycles. The lowest BCUT2D eigenvalue weighted by Gasteiger charge is -2.58. The van der Waals surface area contributed by atoms with Crippen LogP contribution in [0.15, 0.2) is 11.6 Å². The monoisotopic (exact) mass is 374 g/mol. The van der Waals surface area contributed by atoms with Gasteiger partial charge in [-0.15, -0.1) is 0 Å². The predicted molar refractivity (Wildman–Crippen MR) is 98.4 cm³/mol. The van der Waals surface area contributed by atoms with E-state index in [9.17, 15) is 24.6 Å². The zero-order valence-corrected chi connectivity index (χ0v) is 16.2. The van der Waals surface area contributed by atoms with E-state index in [2.05, 4.69) is 6.92 Å². The number of aldehydes is 1. The molecule has 5 nitrogen and oxygen atoms in total. The van der Waals surface area contributed by atoms with Crippen LogP contribution in [0.3, 0.4) is 0 Å². The summed E-state index contributed by atoms with van der Waals surface area (Å²) in [7, 11) is 0. The molecule has 0 spiro atoms. The summed E-state index contributed by atoms with van der Waals surface area (Å²) in [4.78, 5) is 36.4. The molecule has 0 radical (unpaired) electrons. The molecule has 0 aliphatic heterocycles. The lowest BCUT2D eigenvalue weighted by atomic mass is 9.46. The Morgan fingerprint density at radius 2 is 1.89 bits per heavy atom. The van der Waals surface area contributed by atoms with Gasteiger partial charge in [-0.2, -0.15) is 0 Å². The summed E-state index contributed by atoms with van der Waals surface area (Å²) in [5.74, 6) is -4.13. The van der Waals surface area contributed by atoms with Crippen molar-refractivity contribution in [2.45, 2.75) is 71.0 Å². The highest BCUT2D eigenvalue weighted by molar-refractivity contribution is 6.16. The minimum atomic E-state index is -3.09. The van der Waals surface area contributed by atoms with Crippen LogP contribution in [0.1, 0.15) is 65.2 Å². The molecule has 0 amide bonds. The predicted octanol–water partition coefficient (Wildman–Crippen LogP) is 2.58. The fourth-order valence-corrected chi connectivity index (χ4v) is 7.18. The summed E-state index contributed by atoms with van der Waals surface area (Å²) in [6.45, 7) is 4.33. The Bertz CT molecular complexity index is 722. The van der Waals surface area contributed by atoms with Crippen LogP contribution in [0.2, 0.25) is 0 Å². The second-order valence-electron chi connectivity index (χ2n) is 9.84. The summed E-state index contributed by atoms with van der Waals surface area (Å²) in [5.41, 5.74) is 0.621. The van der Waals surface area contributed by atoms with Gasteiger partial charge in [0, 0.05) is 5.41 Å². The van der Waals surface area contributed by atoms with Gasteiger partial charge in [-0.05, 0) is 67.8 Å². The van der Waals surface area contributed by atoms with Crippen LogP contribution in [0, 0.1) is 34.5 Å². The van der Waals surface area contributed by atoms with Crippen molar-refractivity contribution < 1.29 is 24.6 Å². The SMILES string of the molecule is C[C@]12CC[C@H]3[C@@H](CCC4CCCC[C@@]43C)C1=CC(=O)[C@@H]2C(=O)C(O)(O)C=O. The van der Waals surface area contributed by atoms with Gasteiger partial charge >= 0.3 is 0 Å². The van der Waals surface area contributed by atoms with Crippen LogP contribution < -0.4 is 0 Å². The van der Waals surface area contributed by atoms with E-state index in [1.165, 1.54) is 25.7 Å². The third-order valence-electron chi connectivity index (χ3n) is 8.65. The van der Waals surface area contributed by atoms with Crippen molar-refractivity contribution in [1.29, 1.82) is 0 Å². The van der Waals surface area contributed by atoms with E-state index in [1.54, 1.807) is 6.08 Å². The smallest absolute Gasteiger partial charge is 0.283 e. The molecule has 0 aromatic heterocycles. The van der Waals surface area contributed by atoms with Gasteiger partial charge in [0.25, 0.3) is 5.79 Å². The largest absolute Gasteiger partial charge is 0.354 e. The Morgan fingerprint density at radius 3 is 2.59 bits per heavy atom. The Kier molecular flexibility index (Phi) is 4.28. The first-order valence-electron chi connectivity index (χ1n) is 10.4. The number of carbonyl (C=O) groups is 3. The number of fused-ring (bicyclic) bond motifs is 5. The highest BCUT2D eigenvalue weighted by Gasteiger charge is 2.61. The summed E-state index contributed by atoms with van der Waals surface area (Å²) in [6.07, 6.45) is 10.4. The normalized spacial score (nSPS) is 44.0. The second kappa shape index (κ2) is 6.08. The molecule has 6 atom stereocenters. The van der Waals surface area contributed by atoms with Crippen molar-refractivity contribution in [3.8, 4) is 0 Å². The van der Waals surface area contributed by atoms with Gasteiger partial charge in [-0.3, -0.25) is 14.4 Å². The summed E-state index contributed by atoms with van der Waals surface area (Å²) < 4.78 is 0. The van der Waals surface area contributed by atoms with Gasteiger partial charge in [0.1, 0.15) is 0 Å². The standard InChI is InChI=1S/C22H30O5/c1-20-9-4-3-5-13(20)6-7-14-15(20)8-10-21(2)16(14)11-17(24)18(21)19(25)22(26,27)12-23/h11-15,18,26-27H,3-10H2,1-2H3/t13?,14-,15+,18-,20+,21+/m1/s1. The lowest BCUT2D eigenvalue weighted by Crippen LogP contribution is -2.54. The maximum atomic E-state index is 12.8. The van der Waals surface area contributed by atoms with E-state index in [1.807, 2.05) is 6.92 Å². The van der Waals surface area contributed by atoms with E-state index in [0.29, 0.717) is 17.8 Å². The van der Waals surface area contributed by atoms with Crippen LogP contribution in [0.4, 0.5) is 0 Å². The van der Waals surface area contributed by atoms with Gasteiger partial charge in [-0.25, -0.2) is 0 Å². The number of Topliss-reactive ketones (excluding diaryl/α,β-unsaturated/α-hetero) is 1. The molecule has 2 N–H and O–H groups in total. The minimum Gasteiger partial charge on any atom is -0.354 e. The quantitative estimate of drug-likeness (QED) is 0.450. The number of allylic oxidation sites excluding steroid dienone is 2. The molecule has 0 aromatic carbocycles.